The smallest absolute Gasteiger partial charge is 0.119 e. The Hall–Kier alpha value is -1.03. The van der Waals surface area contributed by atoms with Crippen LogP contribution in [0.5, 0.6) is 5.75 Å². The maximum atomic E-state index is 9.20. The van der Waals surface area contributed by atoms with Crippen LogP contribution in [0.4, 0.5) is 0 Å². The molecule has 0 radical (unpaired) electrons. The first-order chi connectivity index (χ1) is 9.63. The van der Waals surface area contributed by atoms with E-state index in [4.69, 9.17) is 16.3 Å². The molecule has 0 spiro atoms. The normalized spacial score (nSPS) is 10.6. The van der Waals surface area contributed by atoms with Gasteiger partial charge in [-0.05, 0) is 54.3 Å². The highest BCUT2D eigenvalue weighted by Gasteiger charge is 2.07. The molecule has 0 aliphatic heterocycles. The Labute approximate surface area is 132 Å². The molecule has 2 aromatic carbocycles. The summed E-state index contributed by atoms with van der Waals surface area (Å²) in [6.07, 6.45) is 0.746. The summed E-state index contributed by atoms with van der Waals surface area (Å²) in [6, 6.07) is 11.8. The van der Waals surface area contributed by atoms with Crippen LogP contribution >= 0.6 is 27.5 Å². The van der Waals surface area contributed by atoms with Gasteiger partial charge in [-0.2, -0.15) is 0 Å². The predicted octanol–water partition coefficient (Wildman–Crippen LogP) is 4.58. The van der Waals surface area contributed by atoms with Crippen LogP contribution in [0.15, 0.2) is 40.9 Å². The van der Waals surface area contributed by atoms with Gasteiger partial charge in [0.1, 0.15) is 5.75 Å². The molecule has 0 unspecified atom stereocenters. The lowest BCUT2D eigenvalue weighted by atomic mass is 10.0. The molecule has 106 valence electrons. The van der Waals surface area contributed by atoms with Crippen molar-refractivity contribution in [2.24, 2.45) is 0 Å². The monoisotopic (exact) mass is 354 g/mol. The Morgan fingerprint density at radius 1 is 1.15 bits per heavy atom. The predicted molar refractivity (Wildman–Crippen MR) is 85.5 cm³/mol. The van der Waals surface area contributed by atoms with Crippen molar-refractivity contribution in [1.82, 2.24) is 0 Å². The molecule has 20 heavy (non-hydrogen) atoms. The molecular formula is C16H16BrClO2. The van der Waals surface area contributed by atoms with Crippen LogP contribution in [0.1, 0.15) is 23.6 Å². The van der Waals surface area contributed by atoms with Crippen LogP contribution in [0.2, 0.25) is 5.02 Å². The van der Waals surface area contributed by atoms with E-state index < -0.39 is 0 Å². The van der Waals surface area contributed by atoms with Gasteiger partial charge in [-0.3, -0.25) is 0 Å². The molecule has 2 aromatic rings. The van der Waals surface area contributed by atoms with Gasteiger partial charge in [-0.25, -0.2) is 0 Å². The molecular weight excluding hydrogens is 340 g/mol. The summed E-state index contributed by atoms with van der Waals surface area (Å²) in [5.41, 5.74) is 2.99. The van der Waals surface area contributed by atoms with Crippen LogP contribution in [0.25, 0.3) is 0 Å². The van der Waals surface area contributed by atoms with Crippen LogP contribution in [0.3, 0.4) is 0 Å². The summed E-state index contributed by atoms with van der Waals surface area (Å²) in [4.78, 5) is 0. The Kier molecular flexibility index (Phi) is 5.46. The minimum Gasteiger partial charge on any atom is -0.494 e. The number of ether oxygens (including phenoxy) is 1. The van der Waals surface area contributed by atoms with Crippen molar-refractivity contribution >= 4 is 27.5 Å². The molecule has 4 heteroatoms. The number of rotatable bonds is 5. The number of hydrogen-bond donors (Lipinski definition) is 1. The summed E-state index contributed by atoms with van der Waals surface area (Å²) >= 11 is 9.70. The number of hydrogen-bond acceptors (Lipinski definition) is 2. The molecule has 0 saturated heterocycles. The van der Waals surface area contributed by atoms with Gasteiger partial charge in [-0.15, -0.1) is 0 Å². The fourth-order valence-corrected chi connectivity index (χ4v) is 2.75. The lowest BCUT2D eigenvalue weighted by molar-refractivity contribution is 0.281. The maximum Gasteiger partial charge on any atom is 0.119 e. The first kappa shape index (κ1) is 15.4. The minimum absolute atomic E-state index is 0.0242. The molecule has 0 atom stereocenters. The van der Waals surface area contributed by atoms with E-state index >= 15 is 0 Å². The van der Waals surface area contributed by atoms with Crippen molar-refractivity contribution < 1.29 is 9.84 Å². The summed E-state index contributed by atoms with van der Waals surface area (Å²) in [7, 11) is 0. The van der Waals surface area contributed by atoms with E-state index in [2.05, 4.69) is 15.9 Å². The molecule has 2 rings (SSSR count). The summed E-state index contributed by atoms with van der Waals surface area (Å²) in [5, 5.41) is 9.87. The Morgan fingerprint density at radius 2 is 1.85 bits per heavy atom. The van der Waals surface area contributed by atoms with Gasteiger partial charge in [0.2, 0.25) is 0 Å². The van der Waals surface area contributed by atoms with E-state index in [1.807, 2.05) is 37.3 Å². The lowest BCUT2D eigenvalue weighted by Gasteiger charge is -2.09. The maximum absolute atomic E-state index is 9.20. The van der Waals surface area contributed by atoms with E-state index in [0.717, 1.165) is 27.8 Å². The van der Waals surface area contributed by atoms with Crippen molar-refractivity contribution in [1.29, 1.82) is 0 Å². The van der Waals surface area contributed by atoms with Gasteiger partial charge in [0.05, 0.1) is 13.2 Å². The van der Waals surface area contributed by atoms with E-state index in [1.54, 1.807) is 6.07 Å². The Balaban J connectivity index is 2.19. The van der Waals surface area contributed by atoms with Crippen LogP contribution < -0.4 is 4.74 Å². The van der Waals surface area contributed by atoms with Crippen molar-refractivity contribution in [3.8, 4) is 5.75 Å². The van der Waals surface area contributed by atoms with Crippen LogP contribution in [-0.4, -0.2) is 11.7 Å². The molecule has 0 amide bonds. The van der Waals surface area contributed by atoms with E-state index in [1.165, 1.54) is 5.56 Å². The van der Waals surface area contributed by atoms with Crippen LogP contribution in [-0.2, 0) is 13.0 Å². The molecule has 0 heterocycles. The first-order valence-corrected chi connectivity index (χ1v) is 7.60. The van der Waals surface area contributed by atoms with Crippen molar-refractivity contribution in [3.05, 3.63) is 62.6 Å². The fourth-order valence-electron chi connectivity index (χ4n) is 1.98. The SMILES string of the molecule is CCOc1ccc(Cc2cc(Br)c(CO)cc2Cl)cc1. The summed E-state index contributed by atoms with van der Waals surface area (Å²) in [6.45, 7) is 2.61. The second-order valence-electron chi connectivity index (χ2n) is 4.45. The van der Waals surface area contributed by atoms with Gasteiger partial charge in [0, 0.05) is 9.50 Å². The molecule has 0 saturated carbocycles. The van der Waals surface area contributed by atoms with Gasteiger partial charge in [0.25, 0.3) is 0 Å². The fraction of sp³-hybridized carbons (Fsp3) is 0.250. The average Bonchev–Trinajstić information content (AvgIpc) is 2.45. The molecule has 0 bridgehead atoms. The standard InChI is InChI=1S/C16H16BrClO2/c1-2-20-14-5-3-11(4-6-14)7-12-8-15(17)13(10-19)9-16(12)18/h3-6,8-9,19H,2,7,10H2,1H3. The van der Waals surface area contributed by atoms with Gasteiger partial charge >= 0.3 is 0 Å². The Morgan fingerprint density at radius 3 is 2.45 bits per heavy atom. The lowest BCUT2D eigenvalue weighted by Crippen LogP contribution is -1.95. The van der Waals surface area contributed by atoms with E-state index in [9.17, 15) is 5.11 Å². The van der Waals surface area contributed by atoms with Crippen LogP contribution in [0, 0.1) is 0 Å². The third kappa shape index (κ3) is 3.75. The second-order valence-corrected chi connectivity index (χ2v) is 5.71. The summed E-state index contributed by atoms with van der Waals surface area (Å²) < 4.78 is 6.30. The zero-order chi connectivity index (χ0) is 14.5. The van der Waals surface area contributed by atoms with Gasteiger partial charge < -0.3 is 9.84 Å². The highest BCUT2D eigenvalue weighted by Crippen LogP contribution is 2.28. The topological polar surface area (TPSA) is 29.5 Å². The number of halogens is 2. The third-order valence-corrected chi connectivity index (χ3v) is 4.10. The van der Waals surface area contributed by atoms with Gasteiger partial charge in [-0.1, -0.05) is 39.7 Å². The van der Waals surface area contributed by atoms with Crippen molar-refractivity contribution in [2.75, 3.05) is 6.61 Å². The zero-order valence-electron chi connectivity index (χ0n) is 11.2. The Bertz CT molecular complexity index is 582. The number of benzene rings is 2. The molecule has 0 aliphatic rings. The van der Waals surface area contributed by atoms with Gasteiger partial charge in [0.15, 0.2) is 0 Å². The zero-order valence-corrected chi connectivity index (χ0v) is 13.5. The molecule has 0 fully saturated rings. The summed E-state index contributed by atoms with van der Waals surface area (Å²) in [5.74, 6) is 0.874. The minimum atomic E-state index is -0.0242. The quantitative estimate of drug-likeness (QED) is 0.850. The molecule has 0 aliphatic carbocycles. The highest BCUT2D eigenvalue weighted by molar-refractivity contribution is 9.10. The molecule has 0 aromatic heterocycles. The highest BCUT2D eigenvalue weighted by atomic mass is 79.9. The first-order valence-electron chi connectivity index (χ1n) is 6.43. The number of aliphatic hydroxyl groups is 1. The largest absolute Gasteiger partial charge is 0.494 e. The second kappa shape index (κ2) is 7.11. The van der Waals surface area contributed by atoms with Crippen molar-refractivity contribution in [2.45, 2.75) is 20.0 Å². The van der Waals surface area contributed by atoms with E-state index in [0.29, 0.717) is 11.6 Å². The van der Waals surface area contributed by atoms with E-state index in [-0.39, 0.29) is 6.61 Å². The number of aliphatic hydroxyl groups excluding tert-OH is 1. The average molecular weight is 356 g/mol. The molecule has 2 nitrogen and oxygen atoms in total. The van der Waals surface area contributed by atoms with Crippen molar-refractivity contribution in [3.63, 3.8) is 0 Å². The molecule has 1 N–H and O–H groups in total. The third-order valence-electron chi connectivity index (χ3n) is 3.01.